The van der Waals surface area contributed by atoms with Crippen LogP contribution in [0.15, 0.2) is 61.2 Å². The average Bonchev–Trinajstić information content (AvgIpc) is 2.88. The Labute approximate surface area is 225 Å². The zero-order chi connectivity index (χ0) is 27.1. The van der Waals surface area contributed by atoms with Gasteiger partial charge in [0.25, 0.3) is 0 Å². The van der Waals surface area contributed by atoms with Gasteiger partial charge in [0.1, 0.15) is 0 Å². The van der Waals surface area contributed by atoms with Gasteiger partial charge in [-0.25, -0.2) is 0 Å². The van der Waals surface area contributed by atoms with E-state index in [1.54, 1.807) is 19.1 Å². The average molecular weight is 525 g/mol. The molecule has 2 aromatic carbocycles. The molecule has 2 fully saturated rings. The summed E-state index contributed by atoms with van der Waals surface area (Å²) in [5.41, 5.74) is 3.75. The van der Waals surface area contributed by atoms with Crippen molar-refractivity contribution in [3.05, 3.63) is 83.4 Å². The predicted octanol–water partition coefficient (Wildman–Crippen LogP) is 5.66. The third-order valence-corrected chi connectivity index (χ3v) is 7.14. The standard InChI is InChI=1S/C31H40O7/c1-4-6-21-7-11-23(12-8-21)30-35-25(5-2)17-27(37-30)19-28-18-26(15-20(3)32)36-31(38-28)24-13-9-22(10-14-24)16-29(33)34/h4,7-14,20,25-28,30-32H,1,5-6,15-19H2,2-3H3,(H,33,34). The molecule has 0 amide bonds. The molecule has 7 heteroatoms. The summed E-state index contributed by atoms with van der Waals surface area (Å²) < 4.78 is 25.3. The lowest BCUT2D eigenvalue weighted by Crippen LogP contribution is -2.40. The van der Waals surface area contributed by atoms with Crippen LogP contribution in [0.25, 0.3) is 0 Å². The SMILES string of the molecule is C=CCc1ccc(C2OC(CC)CC(CC3CC(CC(C)O)OC(c4ccc(CC(=O)O)cc4)O3)O2)cc1. The lowest BCUT2D eigenvalue weighted by atomic mass is 9.96. The van der Waals surface area contributed by atoms with Crippen molar-refractivity contribution in [2.24, 2.45) is 0 Å². The van der Waals surface area contributed by atoms with Crippen molar-refractivity contribution < 1.29 is 34.0 Å². The highest BCUT2D eigenvalue weighted by Gasteiger charge is 2.37. The maximum absolute atomic E-state index is 11.0. The van der Waals surface area contributed by atoms with E-state index >= 15 is 0 Å². The molecule has 7 nitrogen and oxygen atoms in total. The van der Waals surface area contributed by atoms with Crippen molar-refractivity contribution >= 4 is 5.97 Å². The van der Waals surface area contributed by atoms with Gasteiger partial charge < -0.3 is 29.2 Å². The maximum atomic E-state index is 11.0. The number of hydrogen-bond acceptors (Lipinski definition) is 6. The van der Waals surface area contributed by atoms with E-state index in [4.69, 9.17) is 24.1 Å². The van der Waals surface area contributed by atoms with Gasteiger partial charge in [-0.2, -0.15) is 0 Å². The zero-order valence-corrected chi connectivity index (χ0v) is 22.3. The second-order valence-corrected chi connectivity index (χ2v) is 10.4. The van der Waals surface area contributed by atoms with Crippen LogP contribution in [0.5, 0.6) is 0 Å². The normalized spacial score (nSPS) is 28.5. The summed E-state index contributed by atoms with van der Waals surface area (Å²) in [7, 11) is 0. The molecule has 0 aromatic heterocycles. The highest BCUT2D eigenvalue weighted by molar-refractivity contribution is 5.70. The van der Waals surface area contributed by atoms with Gasteiger partial charge in [-0.05, 0) is 37.3 Å². The summed E-state index contributed by atoms with van der Waals surface area (Å²) in [6.07, 6.45) is 4.51. The van der Waals surface area contributed by atoms with Crippen LogP contribution in [0.3, 0.4) is 0 Å². The van der Waals surface area contributed by atoms with E-state index in [9.17, 15) is 9.90 Å². The van der Waals surface area contributed by atoms with Crippen molar-refractivity contribution in [1.82, 2.24) is 0 Å². The number of aliphatic carboxylic acids is 1. The van der Waals surface area contributed by atoms with Crippen LogP contribution in [0.4, 0.5) is 0 Å². The summed E-state index contributed by atoms with van der Waals surface area (Å²) in [5, 5.41) is 19.1. The van der Waals surface area contributed by atoms with E-state index in [1.165, 1.54) is 5.56 Å². The number of ether oxygens (including phenoxy) is 4. The van der Waals surface area contributed by atoms with Crippen LogP contribution in [0.1, 0.15) is 80.8 Å². The fourth-order valence-corrected chi connectivity index (χ4v) is 5.22. The Hall–Kier alpha value is -2.55. The van der Waals surface area contributed by atoms with Crippen molar-refractivity contribution in [3.63, 3.8) is 0 Å². The topological polar surface area (TPSA) is 94.5 Å². The molecule has 2 aromatic rings. The van der Waals surface area contributed by atoms with Crippen LogP contribution in [0.2, 0.25) is 0 Å². The molecule has 0 saturated carbocycles. The van der Waals surface area contributed by atoms with Crippen LogP contribution in [0, 0.1) is 0 Å². The first-order chi connectivity index (χ1) is 18.3. The summed E-state index contributed by atoms with van der Waals surface area (Å²) in [6, 6.07) is 15.6. The molecule has 0 spiro atoms. The zero-order valence-electron chi connectivity index (χ0n) is 22.3. The largest absolute Gasteiger partial charge is 0.481 e. The highest BCUT2D eigenvalue weighted by atomic mass is 16.7. The van der Waals surface area contributed by atoms with Crippen molar-refractivity contribution in [2.75, 3.05) is 0 Å². The van der Waals surface area contributed by atoms with Gasteiger partial charge in [-0.1, -0.05) is 61.5 Å². The predicted molar refractivity (Wildman–Crippen MR) is 144 cm³/mol. The third-order valence-electron chi connectivity index (χ3n) is 7.14. The Morgan fingerprint density at radius 3 is 1.89 bits per heavy atom. The summed E-state index contributed by atoms with van der Waals surface area (Å²) in [6.45, 7) is 7.70. The van der Waals surface area contributed by atoms with Gasteiger partial charge in [0.05, 0.1) is 36.9 Å². The van der Waals surface area contributed by atoms with Gasteiger partial charge in [0, 0.05) is 30.4 Å². The smallest absolute Gasteiger partial charge is 0.307 e. The highest BCUT2D eigenvalue weighted by Crippen LogP contribution is 2.38. The number of carboxylic acid groups (broad SMARTS) is 1. The van der Waals surface area contributed by atoms with Crippen LogP contribution >= 0.6 is 0 Å². The summed E-state index contributed by atoms with van der Waals surface area (Å²) in [4.78, 5) is 11.0. The third kappa shape index (κ3) is 7.98. The molecule has 2 N–H and O–H groups in total. The van der Waals surface area contributed by atoms with Crippen molar-refractivity contribution in [2.45, 2.75) is 102 Å². The molecule has 4 rings (SSSR count). The number of aliphatic hydroxyl groups is 1. The fraction of sp³-hybridized carbons (Fsp3) is 0.516. The molecule has 7 atom stereocenters. The molecule has 7 unspecified atom stereocenters. The minimum absolute atomic E-state index is 0.0300. The molecule has 2 saturated heterocycles. The van der Waals surface area contributed by atoms with Gasteiger partial charge in [0.2, 0.25) is 0 Å². The number of allylic oxidation sites excluding steroid dienone is 1. The molecule has 0 bridgehead atoms. The second-order valence-electron chi connectivity index (χ2n) is 10.4. The Kier molecular flexibility index (Phi) is 10.1. The van der Waals surface area contributed by atoms with E-state index in [2.05, 4.69) is 37.8 Å². The molecule has 206 valence electrons. The van der Waals surface area contributed by atoms with Gasteiger partial charge >= 0.3 is 5.97 Å². The Morgan fingerprint density at radius 2 is 1.39 bits per heavy atom. The maximum Gasteiger partial charge on any atom is 0.307 e. The van der Waals surface area contributed by atoms with E-state index in [1.807, 2.05) is 18.2 Å². The first-order valence-electron chi connectivity index (χ1n) is 13.6. The number of aliphatic hydroxyl groups excluding tert-OH is 1. The molecule has 2 heterocycles. The molecule has 0 radical (unpaired) electrons. The minimum Gasteiger partial charge on any atom is -0.481 e. The summed E-state index contributed by atoms with van der Waals surface area (Å²) in [5.74, 6) is -0.868. The van der Waals surface area contributed by atoms with Crippen LogP contribution in [-0.4, -0.2) is 46.7 Å². The quantitative estimate of drug-likeness (QED) is 0.366. The molecule has 2 aliphatic heterocycles. The Bertz CT molecular complexity index is 1030. The molecule has 0 aliphatic carbocycles. The lowest BCUT2D eigenvalue weighted by molar-refractivity contribution is -0.279. The molecule has 38 heavy (non-hydrogen) atoms. The van der Waals surface area contributed by atoms with Gasteiger partial charge in [-0.15, -0.1) is 6.58 Å². The number of carboxylic acids is 1. The van der Waals surface area contributed by atoms with Gasteiger partial charge in [0.15, 0.2) is 12.6 Å². The summed E-state index contributed by atoms with van der Waals surface area (Å²) >= 11 is 0. The van der Waals surface area contributed by atoms with Crippen LogP contribution in [-0.2, 0) is 36.6 Å². The first-order valence-corrected chi connectivity index (χ1v) is 13.6. The molecule has 2 aliphatic rings. The van der Waals surface area contributed by atoms with Crippen molar-refractivity contribution in [3.8, 4) is 0 Å². The van der Waals surface area contributed by atoms with Crippen molar-refractivity contribution in [1.29, 1.82) is 0 Å². The number of rotatable bonds is 11. The van der Waals surface area contributed by atoms with Crippen LogP contribution < -0.4 is 0 Å². The van der Waals surface area contributed by atoms with E-state index in [-0.39, 0.29) is 30.8 Å². The Balaban J connectivity index is 1.46. The Morgan fingerprint density at radius 1 is 0.895 bits per heavy atom. The molecular weight excluding hydrogens is 484 g/mol. The lowest BCUT2D eigenvalue weighted by Gasteiger charge is -2.40. The fourth-order valence-electron chi connectivity index (χ4n) is 5.22. The monoisotopic (exact) mass is 524 g/mol. The minimum atomic E-state index is -0.868. The number of carbonyl (C=O) groups is 1. The van der Waals surface area contributed by atoms with E-state index in [0.717, 1.165) is 36.0 Å². The van der Waals surface area contributed by atoms with E-state index in [0.29, 0.717) is 19.3 Å². The van der Waals surface area contributed by atoms with E-state index < -0.39 is 24.7 Å². The number of hydrogen-bond donors (Lipinski definition) is 2. The molecular formula is C31H40O7. The second kappa shape index (κ2) is 13.5. The number of benzene rings is 2. The first kappa shape index (κ1) is 28.5. The van der Waals surface area contributed by atoms with Gasteiger partial charge in [-0.3, -0.25) is 4.79 Å².